The normalized spacial score (nSPS) is 19.2. The molecule has 0 aliphatic heterocycles. The number of hydrogen-bond acceptors (Lipinski definition) is 5. The lowest BCUT2D eigenvalue weighted by molar-refractivity contribution is 0.315. The summed E-state index contributed by atoms with van der Waals surface area (Å²) in [5, 5.41) is 11.3. The van der Waals surface area contributed by atoms with E-state index in [1.54, 1.807) is 0 Å². The van der Waals surface area contributed by atoms with Gasteiger partial charge in [0.05, 0.1) is 11.4 Å². The van der Waals surface area contributed by atoms with Gasteiger partial charge in [-0.15, -0.1) is 0 Å². The SMILES string of the molecule is Nc1ccc(NCC(C2CC2)C2CC2)c2nonc12. The summed E-state index contributed by atoms with van der Waals surface area (Å²) in [7, 11) is 0. The molecule has 1 heterocycles. The lowest BCUT2D eigenvalue weighted by Crippen LogP contribution is -2.18. The molecular formula is C14H18N4O. The van der Waals surface area contributed by atoms with E-state index in [0.29, 0.717) is 11.2 Å². The molecule has 5 heteroatoms. The molecule has 2 aliphatic carbocycles. The van der Waals surface area contributed by atoms with Crippen molar-refractivity contribution in [2.45, 2.75) is 25.7 Å². The smallest absolute Gasteiger partial charge is 0.160 e. The Balaban J connectivity index is 1.54. The third kappa shape index (κ3) is 2.03. The van der Waals surface area contributed by atoms with Gasteiger partial charge in [0.1, 0.15) is 0 Å². The monoisotopic (exact) mass is 258 g/mol. The van der Waals surface area contributed by atoms with Gasteiger partial charge in [-0.05, 0) is 65.9 Å². The van der Waals surface area contributed by atoms with Crippen molar-refractivity contribution in [3.05, 3.63) is 12.1 Å². The largest absolute Gasteiger partial charge is 0.397 e. The zero-order chi connectivity index (χ0) is 12.8. The maximum atomic E-state index is 5.85. The quantitative estimate of drug-likeness (QED) is 0.806. The third-order valence-corrected chi connectivity index (χ3v) is 4.43. The third-order valence-electron chi connectivity index (χ3n) is 4.43. The van der Waals surface area contributed by atoms with Crippen LogP contribution in [-0.2, 0) is 0 Å². The Bertz CT molecular complexity index is 589. The van der Waals surface area contributed by atoms with E-state index in [1.165, 1.54) is 25.7 Å². The highest BCUT2D eigenvalue weighted by Gasteiger charge is 2.41. The molecule has 5 nitrogen and oxygen atoms in total. The van der Waals surface area contributed by atoms with Crippen LogP contribution in [-0.4, -0.2) is 16.9 Å². The molecule has 0 atom stereocenters. The molecule has 0 unspecified atom stereocenters. The Morgan fingerprint density at radius 3 is 2.53 bits per heavy atom. The Labute approximate surface area is 111 Å². The minimum atomic E-state index is 0.614. The summed E-state index contributed by atoms with van der Waals surface area (Å²) in [6, 6.07) is 3.83. The van der Waals surface area contributed by atoms with Crippen LogP contribution in [0.4, 0.5) is 11.4 Å². The van der Waals surface area contributed by atoms with Crippen molar-refractivity contribution in [1.29, 1.82) is 0 Å². The molecule has 1 aromatic heterocycles. The molecule has 19 heavy (non-hydrogen) atoms. The van der Waals surface area contributed by atoms with E-state index in [-0.39, 0.29) is 0 Å². The second kappa shape index (κ2) is 4.11. The summed E-state index contributed by atoms with van der Waals surface area (Å²) in [5.41, 5.74) is 8.84. The Morgan fingerprint density at radius 1 is 1.16 bits per heavy atom. The average Bonchev–Trinajstić information content (AvgIpc) is 3.33. The van der Waals surface area contributed by atoms with E-state index in [4.69, 9.17) is 10.4 Å². The first-order chi connectivity index (χ1) is 9.33. The number of nitrogens with one attached hydrogen (secondary N) is 1. The first kappa shape index (κ1) is 11.1. The molecule has 2 aliphatic rings. The molecular weight excluding hydrogens is 240 g/mol. The number of nitrogens with two attached hydrogens (primary N) is 1. The zero-order valence-electron chi connectivity index (χ0n) is 10.8. The minimum absolute atomic E-state index is 0.614. The summed E-state index contributed by atoms with van der Waals surface area (Å²) in [6.07, 6.45) is 5.63. The van der Waals surface area contributed by atoms with Crippen molar-refractivity contribution in [1.82, 2.24) is 10.3 Å². The van der Waals surface area contributed by atoms with Crippen molar-refractivity contribution in [3.63, 3.8) is 0 Å². The highest BCUT2D eigenvalue weighted by molar-refractivity contribution is 5.94. The second-order valence-electron chi connectivity index (χ2n) is 5.88. The van der Waals surface area contributed by atoms with Crippen LogP contribution in [0, 0.1) is 17.8 Å². The fraction of sp³-hybridized carbons (Fsp3) is 0.571. The van der Waals surface area contributed by atoms with Gasteiger partial charge >= 0.3 is 0 Å². The van der Waals surface area contributed by atoms with Gasteiger partial charge in [0.15, 0.2) is 11.0 Å². The molecule has 3 N–H and O–H groups in total. The van der Waals surface area contributed by atoms with Gasteiger partial charge in [0, 0.05) is 6.54 Å². The number of nitrogen functional groups attached to an aromatic ring is 1. The average molecular weight is 258 g/mol. The molecule has 2 aromatic rings. The number of anilines is 2. The molecule has 1 aromatic carbocycles. The lowest BCUT2D eigenvalue weighted by atomic mass is 9.98. The fourth-order valence-electron chi connectivity index (χ4n) is 3.02. The molecule has 0 radical (unpaired) electrons. The first-order valence-electron chi connectivity index (χ1n) is 7.07. The standard InChI is InChI=1S/C14H18N4O/c15-11-5-6-12(14-13(11)17-19-18-14)16-7-10(8-1-2-8)9-3-4-9/h5-6,8-10,16H,1-4,7,15H2. The molecule has 0 amide bonds. The molecule has 2 saturated carbocycles. The molecule has 4 rings (SSSR count). The summed E-state index contributed by atoms with van der Waals surface area (Å²) >= 11 is 0. The molecule has 0 bridgehead atoms. The predicted molar refractivity (Wildman–Crippen MR) is 73.6 cm³/mol. The number of nitrogens with zero attached hydrogens (tertiary/aromatic N) is 2. The Kier molecular flexibility index (Phi) is 2.40. The van der Waals surface area contributed by atoms with Crippen LogP contribution in [0.1, 0.15) is 25.7 Å². The molecule has 0 spiro atoms. The van der Waals surface area contributed by atoms with Crippen LogP contribution >= 0.6 is 0 Å². The highest BCUT2D eigenvalue weighted by Crippen LogP contribution is 2.49. The van der Waals surface area contributed by atoms with Gasteiger partial charge in [-0.3, -0.25) is 0 Å². The zero-order valence-corrected chi connectivity index (χ0v) is 10.8. The van der Waals surface area contributed by atoms with E-state index >= 15 is 0 Å². The summed E-state index contributed by atoms with van der Waals surface area (Å²) < 4.78 is 4.79. The van der Waals surface area contributed by atoms with E-state index in [2.05, 4.69) is 15.6 Å². The number of fused-ring (bicyclic) bond motifs is 1. The maximum absolute atomic E-state index is 5.85. The van der Waals surface area contributed by atoms with Gasteiger partial charge in [-0.1, -0.05) is 0 Å². The topological polar surface area (TPSA) is 77.0 Å². The number of rotatable bonds is 5. The number of aromatic nitrogens is 2. The second-order valence-corrected chi connectivity index (χ2v) is 5.88. The van der Waals surface area contributed by atoms with E-state index in [1.807, 2.05) is 12.1 Å². The van der Waals surface area contributed by atoms with Gasteiger partial charge in [-0.25, -0.2) is 4.63 Å². The van der Waals surface area contributed by atoms with Crippen LogP contribution in [0.2, 0.25) is 0 Å². The van der Waals surface area contributed by atoms with Crippen molar-refractivity contribution in [2.24, 2.45) is 17.8 Å². The van der Waals surface area contributed by atoms with Crippen molar-refractivity contribution in [2.75, 3.05) is 17.6 Å². The first-order valence-corrected chi connectivity index (χ1v) is 7.07. The summed E-state index contributed by atoms with van der Waals surface area (Å²) in [4.78, 5) is 0. The van der Waals surface area contributed by atoms with E-state index in [0.717, 1.165) is 35.5 Å². The Morgan fingerprint density at radius 2 is 1.84 bits per heavy atom. The lowest BCUT2D eigenvalue weighted by Gasteiger charge is -2.17. The highest BCUT2D eigenvalue weighted by atomic mass is 16.6. The summed E-state index contributed by atoms with van der Waals surface area (Å²) in [5.74, 6) is 2.71. The van der Waals surface area contributed by atoms with Crippen LogP contribution in [0.5, 0.6) is 0 Å². The van der Waals surface area contributed by atoms with Gasteiger partial charge < -0.3 is 11.1 Å². The van der Waals surface area contributed by atoms with Crippen molar-refractivity contribution in [3.8, 4) is 0 Å². The van der Waals surface area contributed by atoms with E-state index < -0.39 is 0 Å². The predicted octanol–water partition coefficient (Wildman–Crippen LogP) is 2.65. The summed E-state index contributed by atoms with van der Waals surface area (Å²) in [6.45, 7) is 1.03. The van der Waals surface area contributed by atoms with Crippen LogP contribution < -0.4 is 11.1 Å². The maximum Gasteiger partial charge on any atom is 0.160 e. The van der Waals surface area contributed by atoms with Crippen LogP contribution in [0.3, 0.4) is 0 Å². The molecule has 100 valence electrons. The number of benzene rings is 1. The van der Waals surface area contributed by atoms with Gasteiger partial charge in [-0.2, -0.15) is 0 Å². The van der Waals surface area contributed by atoms with Crippen molar-refractivity contribution >= 4 is 22.4 Å². The van der Waals surface area contributed by atoms with Crippen LogP contribution in [0.25, 0.3) is 11.0 Å². The van der Waals surface area contributed by atoms with E-state index in [9.17, 15) is 0 Å². The van der Waals surface area contributed by atoms with Crippen LogP contribution in [0.15, 0.2) is 16.8 Å². The Hall–Kier alpha value is -1.78. The number of hydrogen-bond donors (Lipinski definition) is 2. The molecule has 0 saturated heterocycles. The van der Waals surface area contributed by atoms with Crippen molar-refractivity contribution < 1.29 is 4.63 Å². The minimum Gasteiger partial charge on any atom is -0.397 e. The molecule has 2 fully saturated rings. The fourth-order valence-corrected chi connectivity index (χ4v) is 3.02. The van der Waals surface area contributed by atoms with Gasteiger partial charge in [0.2, 0.25) is 0 Å². The van der Waals surface area contributed by atoms with Gasteiger partial charge in [0.25, 0.3) is 0 Å².